The van der Waals surface area contributed by atoms with Crippen LogP contribution in [-0.2, 0) is 9.09 Å². The zero-order valence-electron chi connectivity index (χ0n) is 10.7. The minimum absolute atomic E-state index is 0.0562. The standard InChI is InChI=1S/C13H13BrNO4P/c1-2-19-20(17,18)12-7-6-11(15-13(12)16)9-4-3-5-10(14)8-9/h3-8H,2H2,1H3,(H,15,16)(H,17,18). The van der Waals surface area contributed by atoms with Crippen molar-refractivity contribution < 1.29 is 14.0 Å². The number of hydrogen-bond acceptors (Lipinski definition) is 3. The number of aromatic nitrogens is 1. The van der Waals surface area contributed by atoms with Crippen LogP contribution in [0.3, 0.4) is 0 Å². The molecule has 1 unspecified atom stereocenters. The average molecular weight is 358 g/mol. The van der Waals surface area contributed by atoms with Gasteiger partial charge in [0, 0.05) is 10.2 Å². The summed E-state index contributed by atoms with van der Waals surface area (Å²) in [5, 5.41) is -0.252. The Balaban J connectivity index is 2.46. The molecule has 20 heavy (non-hydrogen) atoms. The highest BCUT2D eigenvalue weighted by atomic mass is 79.9. The van der Waals surface area contributed by atoms with Crippen LogP contribution in [-0.4, -0.2) is 16.5 Å². The molecule has 0 saturated heterocycles. The molecule has 1 atom stereocenters. The fourth-order valence-corrected chi connectivity index (χ4v) is 3.22. The smallest absolute Gasteiger partial charge is 0.321 e. The lowest BCUT2D eigenvalue weighted by Crippen LogP contribution is -2.28. The third-order valence-corrected chi connectivity index (χ3v) is 4.70. The van der Waals surface area contributed by atoms with E-state index < -0.39 is 13.2 Å². The van der Waals surface area contributed by atoms with E-state index in [1.54, 1.807) is 13.0 Å². The first-order chi connectivity index (χ1) is 9.44. The van der Waals surface area contributed by atoms with E-state index in [1.165, 1.54) is 6.07 Å². The fraction of sp³-hybridized carbons (Fsp3) is 0.154. The molecule has 1 heterocycles. The third kappa shape index (κ3) is 3.27. The molecule has 2 aromatic rings. The van der Waals surface area contributed by atoms with Crippen LogP contribution in [0.5, 0.6) is 0 Å². The molecule has 0 aliphatic rings. The highest BCUT2D eigenvalue weighted by Gasteiger charge is 2.25. The van der Waals surface area contributed by atoms with E-state index in [0.717, 1.165) is 10.0 Å². The molecule has 1 aromatic carbocycles. The molecule has 5 nitrogen and oxygen atoms in total. The van der Waals surface area contributed by atoms with Crippen LogP contribution in [0.15, 0.2) is 45.7 Å². The van der Waals surface area contributed by atoms with Crippen molar-refractivity contribution in [3.8, 4) is 11.3 Å². The Hall–Kier alpha value is -1.20. The summed E-state index contributed by atoms with van der Waals surface area (Å²) in [6.45, 7) is 1.65. The normalized spacial score (nSPS) is 13.9. The molecule has 0 aliphatic heterocycles. The number of benzene rings is 1. The van der Waals surface area contributed by atoms with E-state index in [0.29, 0.717) is 5.69 Å². The van der Waals surface area contributed by atoms with Gasteiger partial charge in [0.1, 0.15) is 5.30 Å². The van der Waals surface area contributed by atoms with Gasteiger partial charge in [0.25, 0.3) is 5.56 Å². The van der Waals surface area contributed by atoms with Crippen molar-refractivity contribution in [2.45, 2.75) is 6.92 Å². The van der Waals surface area contributed by atoms with Crippen molar-refractivity contribution in [1.82, 2.24) is 4.98 Å². The monoisotopic (exact) mass is 357 g/mol. The number of pyridine rings is 1. The molecule has 2 N–H and O–H groups in total. The predicted octanol–water partition coefficient (Wildman–Crippen LogP) is 2.65. The maximum atomic E-state index is 11.9. The first kappa shape index (κ1) is 15.2. The summed E-state index contributed by atoms with van der Waals surface area (Å²) in [6, 6.07) is 10.3. The van der Waals surface area contributed by atoms with Gasteiger partial charge in [-0.25, -0.2) is 0 Å². The van der Waals surface area contributed by atoms with Crippen LogP contribution >= 0.6 is 23.5 Å². The average Bonchev–Trinajstić information content (AvgIpc) is 2.38. The van der Waals surface area contributed by atoms with Gasteiger partial charge >= 0.3 is 7.60 Å². The SMILES string of the molecule is CCOP(=O)(O)c1ccc(-c2cccc(Br)c2)[nH]c1=O. The summed E-state index contributed by atoms with van der Waals surface area (Å²) in [5.41, 5.74) is 0.741. The van der Waals surface area contributed by atoms with Crippen LogP contribution in [0.4, 0.5) is 0 Å². The Bertz CT molecular complexity index is 728. The first-order valence-corrected chi connectivity index (χ1v) is 8.28. The zero-order chi connectivity index (χ0) is 14.8. The molecule has 0 aliphatic carbocycles. The van der Waals surface area contributed by atoms with Crippen molar-refractivity contribution >= 4 is 28.8 Å². The topological polar surface area (TPSA) is 79.4 Å². The van der Waals surface area contributed by atoms with Crippen molar-refractivity contribution in [2.75, 3.05) is 6.61 Å². The van der Waals surface area contributed by atoms with Gasteiger partial charge in [-0.3, -0.25) is 9.36 Å². The van der Waals surface area contributed by atoms with Crippen molar-refractivity contribution in [3.63, 3.8) is 0 Å². The van der Waals surface area contributed by atoms with Crippen molar-refractivity contribution in [3.05, 3.63) is 51.2 Å². The predicted molar refractivity (Wildman–Crippen MR) is 81.3 cm³/mol. The highest BCUT2D eigenvalue weighted by Crippen LogP contribution is 2.39. The van der Waals surface area contributed by atoms with Crippen molar-refractivity contribution in [1.29, 1.82) is 0 Å². The fourth-order valence-electron chi connectivity index (χ4n) is 1.76. The Kier molecular flexibility index (Phi) is 4.60. The molecule has 0 saturated carbocycles. The van der Waals surface area contributed by atoms with E-state index in [1.807, 2.05) is 24.3 Å². The number of H-pyrrole nitrogens is 1. The van der Waals surface area contributed by atoms with E-state index in [4.69, 9.17) is 4.52 Å². The number of nitrogens with one attached hydrogen (secondary N) is 1. The van der Waals surface area contributed by atoms with Gasteiger partial charge in [0.15, 0.2) is 0 Å². The minimum atomic E-state index is -4.06. The van der Waals surface area contributed by atoms with E-state index >= 15 is 0 Å². The van der Waals surface area contributed by atoms with Gasteiger partial charge in [-0.1, -0.05) is 28.1 Å². The molecule has 0 radical (unpaired) electrons. The third-order valence-electron chi connectivity index (χ3n) is 2.63. The summed E-state index contributed by atoms with van der Waals surface area (Å²) in [7, 11) is -4.06. The first-order valence-electron chi connectivity index (χ1n) is 5.91. The molecule has 7 heteroatoms. The maximum Gasteiger partial charge on any atom is 0.364 e. The molecule has 2 rings (SSSR count). The Morgan fingerprint density at radius 2 is 2.10 bits per heavy atom. The summed E-state index contributed by atoms with van der Waals surface area (Å²) in [4.78, 5) is 24.2. The Labute approximate surface area is 124 Å². The van der Waals surface area contributed by atoms with Crippen LogP contribution in [0.2, 0.25) is 0 Å². The van der Waals surface area contributed by atoms with Gasteiger partial charge in [-0.15, -0.1) is 0 Å². The Morgan fingerprint density at radius 3 is 2.70 bits per heavy atom. The van der Waals surface area contributed by atoms with Gasteiger partial charge in [-0.2, -0.15) is 0 Å². The summed E-state index contributed by atoms with van der Waals surface area (Å²) in [5.74, 6) is 0. The largest absolute Gasteiger partial charge is 0.364 e. The zero-order valence-corrected chi connectivity index (χ0v) is 13.1. The molecule has 106 valence electrons. The molecule has 0 amide bonds. The second-order valence-electron chi connectivity index (χ2n) is 4.03. The molecular weight excluding hydrogens is 345 g/mol. The summed E-state index contributed by atoms with van der Waals surface area (Å²) >= 11 is 3.35. The Morgan fingerprint density at radius 1 is 1.35 bits per heavy atom. The van der Waals surface area contributed by atoms with Gasteiger partial charge in [0.05, 0.1) is 6.61 Å². The lowest BCUT2D eigenvalue weighted by atomic mass is 10.1. The van der Waals surface area contributed by atoms with Gasteiger partial charge in [0.2, 0.25) is 0 Å². The minimum Gasteiger partial charge on any atom is -0.321 e. The van der Waals surface area contributed by atoms with Gasteiger partial charge < -0.3 is 14.4 Å². The van der Waals surface area contributed by atoms with Gasteiger partial charge in [-0.05, 0) is 36.8 Å². The quantitative estimate of drug-likeness (QED) is 0.824. The van der Waals surface area contributed by atoms with Crippen LogP contribution in [0.25, 0.3) is 11.3 Å². The molecule has 0 bridgehead atoms. The summed E-state index contributed by atoms with van der Waals surface area (Å²) in [6.07, 6.45) is 0. The van der Waals surface area contributed by atoms with Crippen LogP contribution < -0.4 is 10.9 Å². The lowest BCUT2D eigenvalue weighted by molar-refractivity contribution is 0.284. The molecular formula is C13H13BrNO4P. The van der Waals surface area contributed by atoms with Crippen LogP contribution in [0.1, 0.15) is 6.92 Å². The van der Waals surface area contributed by atoms with Crippen molar-refractivity contribution in [2.24, 2.45) is 0 Å². The van der Waals surface area contributed by atoms with E-state index in [-0.39, 0.29) is 11.9 Å². The second kappa shape index (κ2) is 6.06. The van der Waals surface area contributed by atoms with E-state index in [2.05, 4.69) is 20.9 Å². The lowest BCUT2D eigenvalue weighted by Gasteiger charge is -2.10. The number of hydrogen-bond donors (Lipinski definition) is 2. The molecule has 1 aromatic heterocycles. The maximum absolute atomic E-state index is 11.9. The highest BCUT2D eigenvalue weighted by molar-refractivity contribution is 9.10. The van der Waals surface area contributed by atoms with Crippen LogP contribution in [0, 0.1) is 0 Å². The molecule has 0 spiro atoms. The number of halogens is 1. The number of rotatable bonds is 4. The second-order valence-corrected chi connectivity index (χ2v) is 6.73. The summed E-state index contributed by atoms with van der Waals surface area (Å²) < 4.78 is 17.5. The number of aromatic amines is 1. The molecule has 0 fully saturated rings. The van der Waals surface area contributed by atoms with E-state index in [9.17, 15) is 14.3 Å².